The van der Waals surface area contributed by atoms with Crippen LogP contribution in [-0.4, -0.2) is 9.78 Å². The molecule has 0 bridgehead atoms. The van der Waals surface area contributed by atoms with Crippen LogP contribution < -0.4 is 5.56 Å². The van der Waals surface area contributed by atoms with Crippen molar-refractivity contribution < 1.29 is 0 Å². The SMILES string of the molecule is N#Cc1c(-c2ccc(Cl)cc2)cnn(-c2ccc(Cl)cc2)c1=O. The van der Waals surface area contributed by atoms with Crippen LogP contribution in [0.4, 0.5) is 0 Å². The minimum absolute atomic E-state index is 0.0253. The molecule has 0 radical (unpaired) electrons. The number of hydrogen-bond donors (Lipinski definition) is 0. The Morgan fingerprint density at radius 3 is 2.09 bits per heavy atom. The van der Waals surface area contributed by atoms with E-state index < -0.39 is 5.56 Å². The molecule has 0 N–H and O–H groups in total. The summed E-state index contributed by atoms with van der Waals surface area (Å²) in [5, 5.41) is 14.7. The van der Waals surface area contributed by atoms with E-state index in [-0.39, 0.29) is 5.56 Å². The van der Waals surface area contributed by atoms with Crippen molar-refractivity contribution in [3.05, 3.63) is 80.7 Å². The lowest BCUT2D eigenvalue weighted by Gasteiger charge is -2.08. The maximum absolute atomic E-state index is 12.6. The van der Waals surface area contributed by atoms with Gasteiger partial charge in [-0.25, -0.2) is 0 Å². The molecule has 0 saturated carbocycles. The Morgan fingerprint density at radius 2 is 1.52 bits per heavy atom. The first-order valence-electron chi connectivity index (χ1n) is 6.64. The van der Waals surface area contributed by atoms with Crippen LogP contribution in [0.5, 0.6) is 0 Å². The van der Waals surface area contributed by atoms with Crippen molar-refractivity contribution in [3.8, 4) is 22.9 Å². The Balaban J connectivity index is 2.17. The highest BCUT2D eigenvalue weighted by molar-refractivity contribution is 6.30. The standard InChI is InChI=1S/C17H9Cl2N3O/c18-12-3-1-11(2-4-12)16-10-21-22(17(23)15(16)9-20)14-7-5-13(19)6-8-14/h1-8,10H. The third-order valence-electron chi connectivity index (χ3n) is 3.32. The van der Waals surface area contributed by atoms with Crippen LogP contribution in [0.25, 0.3) is 16.8 Å². The van der Waals surface area contributed by atoms with Crippen LogP contribution in [-0.2, 0) is 0 Å². The van der Waals surface area contributed by atoms with Gasteiger partial charge in [0.2, 0.25) is 0 Å². The van der Waals surface area contributed by atoms with Gasteiger partial charge in [0, 0.05) is 15.6 Å². The summed E-state index contributed by atoms with van der Waals surface area (Å²) in [6.07, 6.45) is 1.50. The second kappa shape index (κ2) is 6.25. The molecule has 0 aliphatic rings. The molecule has 0 saturated heterocycles. The fraction of sp³-hybridized carbons (Fsp3) is 0. The molecule has 3 rings (SSSR count). The number of rotatable bonds is 2. The highest BCUT2D eigenvalue weighted by Gasteiger charge is 2.13. The molecule has 23 heavy (non-hydrogen) atoms. The molecule has 3 aromatic rings. The third-order valence-corrected chi connectivity index (χ3v) is 3.82. The molecular weight excluding hydrogens is 333 g/mol. The fourth-order valence-electron chi connectivity index (χ4n) is 2.18. The van der Waals surface area contributed by atoms with Crippen molar-refractivity contribution in [2.75, 3.05) is 0 Å². The molecule has 0 aliphatic heterocycles. The molecule has 0 amide bonds. The van der Waals surface area contributed by atoms with Crippen molar-refractivity contribution in [2.24, 2.45) is 0 Å². The summed E-state index contributed by atoms with van der Waals surface area (Å²) in [5.74, 6) is 0. The average molecular weight is 342 g/mol. The smallest absolute Gasteiger partial charge is 0.266 e. The van der Waals surface area contributed by atoms with Crippen molar-refractivity contribution in [3.63, 3.8) is 0 Å². The molecule has 2 aromatic carbocycles. The Bertz CT molecular complexity index is 955. The summed E-state index contributed by atoms with van der Waals surface area (Å²) in [6.45, 7) is 0. The summed E-state index contributed by atoms with van der Waals surface area (Å²) in [4.78, 5) is 12.6. The van der Waals surface area contributed by atoms with Crippen LogP contribution >= 0.6 is 23.2 Å². The van der Waals surface area contributed by atoms with Crippen molar-refractivity contribution >= 4 is 23.2 Å². The number of benzene rings is 2. The van der Waals surface area contributed by atoms with E-state index in [0.717, 1.165) is 0 Å². The second-order valence-corrected chi connectivity index (χ2v) is 5.62. The van der Waals surface area contributed by atoms with Crippen LogP contribution in [0, 0.1) is 11.3 Å². The van der Waals surface area contributed by atoms with Crippen LogP contribution in [0.2, 0.25) is 10.0 Å². The first-order valence-corrected chi connectivity index (χ1v) is 7.40. The molecular formula is C17H9Cl2N3O. The fourth-order valence-corrected chi connectivity index (χ4v) is 2.43. The zero-order valence-corrected chi connectivity index (χ0v) is 13.2. The normalized spacial score (nSPS) is 10.3. The molecule has 0 fully saturated rings. The summed E-state index contributed by atoms with van der Waals surface area (Å²) in [7, 11) is 0. The zero-order chi connectivity index (χ0) is 16.4. The lowest BCUT2D eigenvalue weighted by atomic mass is 10.0. The maximum atomic E-state index is 12.6. The number of aromatic nitrogens is 2. The summed E-state index contributed by atoms with van der Waals surface area (Å²) in [6, 6.07) is 15.5. The van der Waals surface area contributed by atoms with Crippen molar-refractivity contribution in [2.45, 2.75) is 0 Å². The van der Waals surface area contributed by atoms with Gasteiger partial charge in [-0.3, -0.25) is 4.79 Å². The minimum atomic E-state index is -0.484. The molecule has 0 aliphatic carbocycles. The van der Waals surface area contributed by atoms with E-state index >= 15 is 0 Å². The minimum Gasteiger partial charge on any atom is -0.266 e. The van der Waals surface area contributed by atoms with E-state index in [0.29, 0.717) is 26.9 Å². The molecule has 4 nitrogen and oxygen atoms in total. The average Bonchev–Trinajstić information content (AvgIpc) is 2.56. The number of nitrogens with zero attached hydrogens (tertiary/aromatic N) is 3. The van der Waals surface area contributed by atoms with Crippen molar-refractivity contribution in [1.82, 2.24) is 9.78 Å². The van der Waals surface area contributed by atoms with E-state index in [1.165, 1.54) is 10.9 Å². The second-order valence-electron chi connectivity index (χ2n) is 4.75. The number of hydrogen-bond acceptors (Lipinski definition) is 3. The van der Waals surface area contributed by atoms with Gasteiger partial charge < -0.3 is 0 Å². The lowest BCUT2D eigenvalue weighted by Crippen LogP contribution is -2.24. The Labute approximate surface area is 142 Å². The van der Waals surface area contributed by atoms with Crippen LogP contribution in [0.3, 0.4) is 0 Å². The number of nitriles is 1. The van der Waals surface area contributed by atoms with Gasteiger partial charge in [0.25, 0.3) is 5.56 Å². The van der Waals surface area contributed by atoms with Gasteiger partial charge in [-0.15, -0.1) is 0 Å². The van der Waals surface area contributed by atoms with E-state index in [1.807, 2.05) is 6.07 Å². The van der Waals surface area contributed by atoms with Gasteiger partial charge in [-0.1, -0.05) is 35.3 Å². The van der Waals surface area contributed by atoms with Crippen molar-refractivity contribution in [1.29, 1.82) is 5.26 Å². The molecule has 0 spiro atoms. The molecule has 1 heterocycles. The van der Waals surface area contributed by atoms with Crippen LogP contribution in [0.1, 0.15) is 5.56 Å². The van der Waals surface area contributed by atoms with Gasteiger partial charge in [0.1, 0.15) is 11.6 Å². The summed E-state index contributed by atoms with van der Waals surface area (Å²) in [5.41, 5.74) is 1.26. The largest absolute Gasteiger partial charge is 0.290 e. The Morgan fingerprint density at radius 1 is 0.957 bits per heavy atom. The molecule has 6 heteroatoms. The highest BCUT2D eigenvalue weighted by atomic mass is 35.5. The predicted molar refractivity (Wildman–Crippen MR) is 90.0 cm³/mol. The molecule has 112 valence electrons. The molecule has 0 atom stereocenters. The lowest BCUT2D eigenvalue weighted by molar-refractivity contribution is 0.804. The molecule has 1 aromatic heterocycles. The van der Waals surface area contributed by atoms with Gasteiger partial charge >= 0.3 is 0 Å². The summed E-state index contributed by atoms with van der Waals surface area (Å²) >= 11 is 11.7. The summed E-state index contributed by atoms with van der Waals surface area (Å²) < 4.78 is 1.17. The van der Waals surface area contributed by atoms with Gasteiger partial charge in [0.15, 0.2) is 0 Å². The first-order chi connectivity index (χ1) is 11.1. The van der Waals surface area contributed by atoms with Gasteiger partial charge in [-0.2, -0.15) is 15.0 Å². The zero-order valence-electron chi connectivity index (χ0n) is 11.7. The topological polar surface area (TPSA) is 58.7 Å². The van der Waals surface area contributed by atoms with E-state index in [1.54, 1.807) is 48.5 Å². The van der Waals surface area contributed by atoms with E-state index in [4.69, 9.17) is 23.2 Å². The van der Waals surface area contributed by atoms with E-state index in [2.05, 4.69) is 5.10 Å². The highest BCUT2D eigenvalue weighted by Crippen LogP contribution is 2.23. The Kier molecular flexibility index (Phi) is 4.16. The van der Waals surface area contributed by atoms with Crippen LogP contribution in [0.15, 0.2) is 59.5 Å². The van der Waals surface area contributed by atoms with E-state index in [9.17, 15) is 10.1 Å². The molecule has 0 unspecified atom stereocenters. The third kappa shape index (κ3) is 2.98. The first kappa shape index (κ1) is 15.3. The van der Waals surface area contributed by atoms with Gasteiger partial charge in [-0.05, 0) is 42.0 Å². The quantitative estimate of drug-likeness (QED) is 0.705. The Hall–Kier alpha value is -2.61. The number of halogens is 2. The maximum Gasteiger partial charge on any atom is 0.290 e. The monoisotopic (exact) mass is 341 g/mol. The predicted octanol–water partition coefficient (Wildman–Crippen LogP) is 4.08. The van der Waals surface area contributed by atoms with Gasteiger partial charge in [0.05, 0.1) is 11.9 Å².